The number of aromatic hydroxyl groups is 2. The summed E-state index contributed by atoms with van der Waals surface area (Å²) >= 11 is 0. The summed E-state index contributed by atoms with van der Waals surface area (Å²) in [5, 5.41) is 28.1. The van der Waals surface area contributed by atoms with Crippen LogP contribution in [0, 0.1) is 0 Å². The van der Waals surface area contributed by atoms with E-state index in [1.54, 1.807) is 18.2 Å². The number of unbranched alkanes of at least 4 members (excludes halogenated alkanes) is 2. The van der Waals surface area contributed by atoms with Crippen LogP contribution in [0.25, 0.3) is 6.08 Å². The predicted molar refractivity (Wildman–Crippen MR) is 69.0 cm³/mol. The molecule has 1 aromatic rings. The van der Waals surface area contributed by atoms with Gasteiger partial charge in [0.05, 0.1) is 6.10 Å². The zero-order valence-corrected chi connectivity index (χ0v) is 10.1. The van der Waals surface area contributed by atoms with Gasteiger partial charge in [0.1, 0.15) is 0 Å². The highest BCUT2D eigenvalue weighted by molar-refractivity contribution is 5.55. The van der Waals surface area contributed by atoms with E-state index in [-0.39, 0.29) is 11.5 Å². The topological polar surface area (TPSA) is 60.7 Å². The van der Waals surface area contributed by atoms with E-state index >= 15 is 0 Å². The number of hydrogen-bond acceptors (Lipinski definition) is 3. The van der Waals surface area contributed by atoms with Crippen LogP contribution in [0.1, 0.15) is 38.2 Å². The Kier molecular flexibility index (Phi) is 5.57. The molecule has 3 heteroatoms. The number of rotatable bonds is 6. The molecule has 0 heterocycles. The maximum atomic E-state index is 9.66. The van der Waals surface area contributed by atoms with Gasteiger partial charge in [0.2, 0.25) is 0 Å². The van der Waals surface area contributed by atoms with Crippen LogP contribution in [0.3, 0.4) is 0 Å². The van der Waals surface area contributed by atoms with E-state index < -0.39 is 6.10 Å². The third-order valence-corrected chi connectivity index (χ3v) is 2.61. The number of benzene rings is 1. The normalized spacial score (nSPS) is 13.1. The Hall–Kier alpha value is -1.48. The van der Waals surface area contributed by atoms with E-state index in [2.05, 4.69) is 6.92 Å². The highest BCUT2D eigenvalue weighted by Crippen LogP contribution is 2.25. The zero-order valence-electron chi connectivity index (χ0n) is 10.1. The smallest absolute Gasteiger partial charge is 0.157 e. The molecule has 0 saturated carbocycles. The van der Waals surface area contributed by atoms with Gasteiger partial charge in [-0.2, -0.15) is 0 Å². The lowest BCUT2D eigenvalue weighted by atomic mass is 10.1. The minimum absolute atomic E-state index is 0.134. The molecule has 3 N–H and O–H groups in total. The minimum Gasteiger partial charge on any atom is -0.504 e. The summed E-state index contributed by atoms with van der Waals surface area (Å²) < 4.78 is 0. The van der Waals surface area contributed by atoms with Crippen molar-refractivity contribution >= 4 is 6.08 Å². The molecule has 1 aromatic carbocycles. The molecule has 1 rings (SSSR count). The van der Waals surface area contributed by atoms with Crippen LogP contribution in [0.4, 0.5) is 0 Å². The van der Waals surface area contributed by atoms with Gasteiger partial charge in [0, 0.05) is 0 Å². The zero-order chi connectivity index (χ0) is 12.7. The average Bonchev–Trinajstić information content (AvgIpc) is 2.31. The molecule has 0 saturated heterocycles. The van der Waals surface area contributed by atoms with Crippen molar-refractivity contribution in [3.8, 4) is 11.5 Å². The lowest BCUT2D eigenvalue weighted by Crippen LogP contribution is -2.00. The first-order chi connectivity index (χ1) is 8.13. The Labute approximate surface area is 102 Å². The second kappa shape index (κ2) is 6.97. The van der Waals surface area contributed by atoms with E-state index in [0.717, 1.165) is 31.2 Å². The maximum absolute atomic E-state index is 9.66. The number of phenolic OH excluding ortho intramolecular Hbond substituents is 2. The molecule has 0 aliphatic rings. The van der Waals surface area contributed by atoms with Gasteiger partial charge < -0.3 is 15.3 Å². The molecule has 94 valence electrons. The van der Waals surface area contributed by atoms with Crippen molar-refractivity contribution in [3.05, 3.63) is 29.8 Å². The molecule has 0 spiro atoms. The van der Waals surface area contributed by atoms with Crippen molar-refractivity contribution in [2.75, 3.05) is 0 Å². The third kappa shape index (κ3) is 4.91. The fourth-order valence-electron chi connectivity index (χ4n) is 1.57. The Bertz CT molecular complexity index is 372. The molecule has 0 amide bonds. The highest BCUT2D eigenvalue weighted by atomic mass is 16.3. The first-order valence-corrected chi connectivity index (χ1v) is 6.01. The van der Waals surface area contributed by atoms with Gasteiger partial charge in [0.15, 0.2) is 11.5 Å². The summed E-state index contributed by atoms with van der Waals surface area (Å²) in [4.78, 5) is 0. The van der Waals surface area contributed by atoms with Crippen molar-refractivity contribution < 1.29 is 15.3 Å². The second-order valence-corrected chi connectivity index (χ2v) is 4.17. The number of hydrogen-bond donors (Lipinski definition) is 3. The molecular formula is C14H20O3. The Morgan fingerprint density at radius 1 is 1.18 bits per heavy atom. The molecule has 0 aromatic heterocycles. The fourth-order valence-corrected chi connectivity index (χ4v) is 1.57. The number of aliphatic hydroxyl groups excluding tert-OH is 1. The first kappa shape index (κ1) is 13.6. The molecule has 0 radical (unpaired) electrons. The molecule has 1 unspecified atom stereocenters. The summed E-state index contributed by atoms with van der Waals surface area (Å²) in [5.74, 6) is -0.279. The minimum atomic E-state index is -0.447. The van der Waals surface area contributed by atoms with Crippen molar-refractivity contribution in [2.45, 2.75) is 38.7 Å². The van der Waals surface area contributed by atoms with Gasteiger partial charge in [-0.3, -0.25) is 0 Å². The van der Waals surface area contributed by atoms with E-state index in [0.29, 0.717) is 0 Å². The first-order valence-electron chi connectivity index (χ1n) is 6.01. The third-order valence-electron chi connectivity index (χ3n) is 2.61. The molecule has 1 atom stereocenters. The standard InChI is InChI=1S/C14H20O3/c1-2-3-4-5-12(15)8-6-11-7-9-13(16)14(17)10-11/h6-10,12,15-17H,2-5H2,1H3/b8-6+. The van der Waals surface area contributed by atoms with E-state index in [1.165, 1.54) is 12.1 Å². The van der Waals surface area contributed by atoms with E-state index in [4.69, 9.17) is 5.11 Å². The van der Waals surface area contributed by atoms with Crippen LogP contribution in [0.5, 0.6) is 11.5 Å². The van der Waals surface area contributed by atoms with Crippen LogP contribution in [0.2, 0.25) is 0 Å². The second-order valence-electron chi connectivity index (χ2n) is 4.17. The van der Waals surface area contributed by atoms with Gasteiger partial charge in [-0.15, -0.1) is 0 Å². The monoisotopic (exact) mass is 236 g/mol. The predicted octanol–water partition coefficient (Wildman–Crippen LogP) is 3.05. The lowest BCUT2D eigenvalue weighted by molar-refractivity contribution is 0.209. The van der Waals surface area contributed by atoms with E-state index in [9.17, 15) is 10.2 Å². The summed E-state index contributed by atoms with van der Waals surface area (Å²) in [6.07, 6.45) is 7.05. The number of aliphatic hydroxyl groups is 1. The Morgan fingerprint density at radius 3 is 2.59 bits per heavy atom. The van der Waals surface area contributed by atoms with Crippen molar-refractivity contribution in [1.82, 2.24) is 0 Å². The summed E-state index contributed by atoms with van der Waals surface area (Å²) in [6.45, 7) is 2.13. The lowest BCUT2D eigenvalue weighted by Gasteiger charge is -2.04. The van der Waals surface area contributed by atoms with Gasteiger partial charge in [0.25, 0.3) is 0 Å². The Balaban J connectivity index is 2.49. The largest absolute Gasteiger partial charge is 0.504 e. The van der Waals surface area contributed by atoms with Gasteiger partial charge >= 0.3 is 0 Å². The molecular weight excluding hydrogens is 216 g/mol. The molecule has 0 bridgehead atoms. The molecule has 0 aliphatic heterocycles. The van der Waals surface area contributed by atoms with E-state index in [1.807, 2.05) is 0 Å². The SMILES string of the molecule is CCCCCC(O)/C=C/c1ccc(O)c(O)c1. The van der Waals surface area contributed by atoms with Crippen LogP contribution in [-0.4, -0.2) is 21.4 Å². The Morgan fingerprint density at radius 2 is 1.94 bits per heavy atom. The molecule has 17 heavy (non-hydrogen) atoms. The van der Waals surface area contributed by atoms with Crippen molar-refractivity contribution in [2.24, 2.45) is 0 Å². The van der Waals surface area contributed by atoms with Crippen LogP contribution in [0.15, 0.2) is 24.3 Å². The highest BCUT2D eigenvalue weighted by Gasteiger charge is 2.00. The maximum Gasteiger partial charge on any atom is 0.157 e. The van der Waals surface area contributed by atoms with Gasteiger partial charge in [-0.25, -0.2) is 0 Å². The average molecular weight is 236 g/mol. The quantitative estimate of drug-likeness (QED) is 0.525. The van der Waals surface area contributed by atoms with Crippen LogP contribution >= 0.6 is 0 Å². The van der Waals surface area contributed by atoms with Crippen LogP contribution in [-0.2, 0) is 0 Å². The summed E-state index contributed by atoms with van der Waals surface area (Å²) in [5.41, 5.74) is 0.759. The number of phenols is 2. The van der Waals surface area contributed by atoms with Gasteiger partial charge in [-0.05, 0) is 24.1 Å². The summed E-state index contributed by atoms with van der Waals surface area (Å²) in [7, 11) is 0. The van der Waals surface area contributed by atoms with Gasteiger partial charge in [-0.1, -0.05) is 44.4 Å². The molecule has 0 aliphatic carbocycles. The molecule has 3 nitrogen and oxygen atoms in total. The summed E-state index contributed by atoms with van der Waals surface area (Å²) in [6, 6.07) is 4.58. The van der Waals surface area contributed by atoms with Crippen molar-refractivity contribution in [1.29, 1.82) is 0 Å². The fraction of sp³-hybridized carbons (Fsp3) is 0.429. The van der Waals surface area contributed by atoms with Crippen molar-refractivity contribution in [3.63, 3.8) is 0 Å². The van der Waals surface area contributed by atoms with Crippen LogP contribution < -0.4 is 0 Å². The molecule has 0 fully saturated rings.